The van der Waals surface area contributed by atoms with Crippen molar-refractivity contribution in [3.8, 4) is 11.1 Å². The maximum absolute atomic E-state index is 11.0. The van der Waals surface area contributed by atoms with E-state index in [1.807, 2.05) is 32.2 Å². The zero-order chi connectivity index (χ0) is 15.8. The molecule has 0 saturated carbocycles. The van der Waals surface area contributed by atoms with E-state index in [0.717, 1.165) is 20.8 Å². The number of pyridine rings is 2. The smallest absolute Gasteiger partial charge is 0.235 e. The van der Waals surface area contributed by atoms with E-state index in [1.165, 1.54) is 6.92 Å². The van der Waals surface area contributed by atoms with Gasteiger partial charge in [0, 0.05) is 17.9 Å². The molecule has 0 unspecified atom stereocenters. The Morgan fingerprint density at radius 1 is 1.29 bits per heavy atom. The van der Waals surface area contributed by atoms with Gasteiger partial charge in [0.1, 0.15) is 5.82 Å². The van der Waals surface area contributed by atoms with Gasteiger partial charge in [-0.1, -0.05) is 13.8 Å². The van der Waals surface area contributed by atoms with E-state index in [9.17, 15) is 10.0 Å². The molecule has 2 aromatic heterocycles. The Balaban J connectivity index is 0.00000106. The summed E-state index contributed by atoms with van der Waals surface area (Å²) in [5.74, 6) is 0.323. The van der Waals surface area contributed by atoms with Crippen molar-refractivity contribution in [1.82, 2.24) is 4.98 Å². The van der Waals surface area contributed by atoms with Crippen LogP contribution in [0.4, 0.5) is 5.82 Å². The van der Waals surface area contributed by atoms with Crippen LogP contribution in [0.15, 0.2) is 41.7 Å². The van der Waals surface area contributed by atoms with Crippen LogP contribution in [0.25, 0.3) is 11.1 Å². The number of carbonyl (C=O) groups excluding carboxylic acids is 1. The van der Waals surface area contributed by atoms with Gasteiger partial charge in [-0.3, -0.25) is 10.0 Å². The fraction of sp³-hybridized carbons (Fsp3) is 0.267. The molecule has 0 fully saturated rings. The van der Waals surface area contributed by atoms with E-state index >= 15 is 0 Å². The average molecular weight is 306 g/mol. The second-order valence-corrected chi connectivity index (χ2v) is 4.83. The highest BCUT2D eigenvalue weighted by molar-refractivity contribution is 7.98. The molecule has 0 bridgehead atoms. The van der Waals surface area contributed by atoms with Crippen molar-refractivity contribution in [2.24, 2.45) is 0 Å². The molecule has 21 heavy (non-hydrogen) atoms. The Morgan fingerprint density at radius 3 is 2.62 bits per heavy atom. The van der Waals surface area contributed by atoms with E-state index in [2.05, 4.69) is 10.3 Å². The van der Waals surface area contributed by atoms with Crippen LogP contribution in [-0.4, -0.2) is 22.4 Å². The molecule has 112 valence electrons. The molecule has 0 aliphatic heterocycles. The maximum atomic E-state index is 11.0. The second kappa shape index (κ2) is 8.26. The van der Waals surface area contributed by atoms with Gasteiger partial charge in [0.2, 0.25) is 18.3 Å². The van der Waals surface area contributed by atoms with E-state index in [1.54, 1.807) is 36.4 Å². The highest BCUT2D eigenvalue weighted by Gasteiger charge is 2.09. The van der Waals surface area contributed by atoms with Crippen molar-refractivity contribution in [3.63, 3.8) is 0 Å². The lowest BCUT2D eigenvalue weighted by Crippen LogP contribution is -2.29. The number of anilines is 1. The van der Waals surface area contributed by atoms with Crippen molar-refractivity contribution in [2.45, 2.75) is 25.7 Å². The summed E-state index contributed by atoms with van der Waals surface area (Å²) in [5, 5.41) is 12.3. The van der Waals surface area contributed by atoms with Crippen LogP contribution in [0.3, 0.4) is 0 Å². The minimum Gasteiger partial charge on any atom is -0.311 e. The molecule has 0 saturated heterocycles. The molecule has 2 N–H and O–H groups in total. The van der Waals surface area contributed by atoms with Gasteiger partial charge in [0.05, 0.1) is 10.5 Å². The van der Waals surface area contributed by atoms with Crippen molar-refractivity contribution in [3.05, 3.63) is 36.8 Å². The van der Waals surface area contributed by atoms with Gasteiger partial charge in [-0.15, -0.1) is 11.8 Å². The predicted octanol–water partition coefficient (Wildman–Crippen LogP) is 2.98. The highest BCUT2D eigenvalue weighted by Crippen LogP contribution is 2.23. The van der Waals surface area contributed by atoms with Crippen LogP contribution >= 0.6 is 11.8 Å². The molecule has 5 nitrogen and oxygen atoms in total. The van der Waals surface area contributed by atoms with Crippen LogP contribution in [0.1, 0.15) is 20.8 Å². The minimum absolute atomic E-state index is 0.167. The zero-order valence-electron chi connectivity index (χ0n) is 12.6. The van der Waals surface area contributed by atoms with Crippen molar-refractivity contribution in [1.29, 1.82) is 0 Å². The third-order valence-electron chi connectivity index (χ3n) is 2.46. The molecule has 0 atom stereocenters. The number of amides is 1. The summed E-state index contributed by atoms with van der Waals surface area (Å²) in [6, 6.07) is 5.55. The third kappa shape index (κ3) is 5.07. The minimum atomic E-state index is -0.167. The lowest BCUT2D eigenvalue weighted by molar-refractivity contribution is -0.905. The Morgan fingerprint density at radius 2 is 2.00 bits per heavy atom. The number of aromatic nitrogens is 2. The van der Waals surface area contributed by atoms with Gasteiger partial charge >= 0.3 is 0 Å². The molecule has 0 aromatic carbocycles. The normalized spacial score (nSPS) is 9.52. The number of carbonyl (C=O) groups is 1. The summed E-state index contributed by atoms with van der Waals surface area (Å²) >= 11 is 1.54. The van der Waals surface area contributed by atoms with E-state index < -0.39 is 0 Å². The molecule has 0 radical (unpaired) electrons. The monoisotopic (exact) mass is 306 g/mol. The van der Waals surface area contributed by atoms with Crippen LogP contribution in [-0.2, 0) is 4.79 Å². The van der Waals surface area contributed by atoms with Crippen molar-refractivity contribution in [2.75, 3.05) is 11.6 Å². The van der Waals surface area contributed by atoms with Crippen LogP contribution < -0.4 is 10.0 Å². The van der Waals surface area contributed by atoms with Crippen molar-refractivity contribution >= 4 is 23.5 Å². The first kappa shape index (κ1) is 17.0. The Hall–Kier alpha value is -2.08. The van der Waals surface area contributed by atoms with Gasteiger partial charge in [-0.2, -0.15) is 0 Å². The number of nitrogens with zero attached hydrogens (tertiary/aromatic N) is 2. The summed E-state index contributed by atoms with van der Waals surface area (Å²) in [7, 11) is 0. The largest absolute Gasteiger partial charge is 0.311 e. The summed E-state index contributed by atoms with van der Waals surface area (Å²) in [5.41, 5.74) is 1.72. The van der Waals surface area contributed by atoms with Crippen molar-refractivity contribution < 1.29 is 14.7 Å². The lowest BCUT2D eigenvalue weighted by atomic mass is 10.1. The van der Waals surface area contributed by atoms with Gasteiger partial charge < -0.3 is 5.32 Å². The van der Waals surface area contributed by atoms with Gasteiger partial charge in [-0.25, -0.2) is 4.98 Å². The molecule has 2 aromatic rings. The maximum Gasteiger partial charge on any atom is 0.235 e. The van der Waals surface area contributed by atoms with E-state index in [0.29, 0.717) is 5.82 Å². The zero-order valence-corrected chi connectivity index (χ0v) is 13.4. The number of hydrogen-bond acceptors (Lipinski definition) is 4. The fourth-order valence-electron chi connectivity index (χ4n) is 1.67. The molecule has 2 rings (SSSR count). The lowest BCUT2D eigenvalue weighted by Gasteiger charge is -2.04. The standard InChI is InChI=1S/C13H13N3O2S.C2H6/c1-9(17)15-13-6-10(3-4-14-13)11-5-12(19-2)8-16(18)7-11;1-2/h3-8H,1-2H3,(H-,14,15,17,18);1-2H3/p+1. The molecule has 0 spiro atoms. The van der Waals surface area contributed by atoms with Crippen LogP contribution in [0.5, 0.6) is 0 Å². The van der Waals surface area contributed by atoms with Crippen LogP contribution in [0.2, 0.25) is 0 Å². The average Bonchev–Trinajstić information content (AvgIpc) is 2.48. The molecular weight excluding hydrogens is 286 g/mol. The first-order valence-corrected chi connectivity index (χ1v) is 7.84. The molecule has 0 aliphatic rings. The first-order valence-electron chi connectivity index (χ1n) is 6.62. The van der Waals surface area contributed by atoms with E-state index in [-0.39, 0.29) is 5.91 Å². The quantitative estimate of drug-likeness (QED) is 0.520. The molecule has 0 aliphatic carbocycles. The Labute approximate surface area is 129 Å². The number of hydrogen-bond donors (Lipinski definition) is 2. The van der Waals surface area contributed by atoms with Gasteiger partial charge in [-0.05, 0) is 30.0 Å². The highest BCUT2D eigenvalue weighted by atomic mass is 32.2. The van der Waals surface area contributed by atoms with Gasteiger partial charge in [0.25, 0.3) is 0 Å². The first-order chi connectivity index (χ1) is 10.1. The SMILES string of the molecule is CC.CSc1cc(-c2ccnc(NC(C)=O)c2)c[n+](O)c1. The summed E-state index contributed by atoms with van der Waals surface area (Å²) in [6.45, 7) is 5.43. The second-order valence-electron chi connectivity index (χ2n) is 3.96. The van der Waals surface area contributed by atoms with Crippen LogP contribution in [0, 0.1) is 0 Å². The topological polar surface area (TPSA) is 66.1 Å². The number of thioether (sulfide) groups is 1. The molecule has 1 amide bonds. The number of nitrogens with one attached hydrogen (secondary N) is 1. The fourth-order valence-corrected chi connectivity index (χ4v) is 2.12. The summed E-state index contributed by atoms with van der Waals surface area (Å²) < 4.78 is 1.03. The van der Waals surface area contributed by atoms with E-state index in [4.69, 9.17) is 0 Å². The summed E-state index contributed by atoms with van der Waals surface area (Å²) in [4.78, 5) is 16.0. The third-order valence-corrected chi connectivity index (χ3v) is 3.16. The van der Waals surface area contributed by atoms with Gasteiger partial charge in [0.15, 0.2) is 0 Å². The molecule has 2 heterocycles. The predicted molar refractivity (Wildman–Crippen MR) is 84.5 cm³/mol. The molecular formula is C15H20N3O2S+. The Bertz CT molecular complexity index is 618. The summed E-state index contributed by atoms with van der Waals surface area (Å²) in [6.07, 6.45) is 6.79. The number of rotatable bonds is 3. The Kier molecular flexibility index (Phi) is 6.68. The molecule has 6 heteroatoms.